The Bertz CT molecular complexity index is 431. The number of rotatable bonds is 6. The molecule has 0 aliphatic carbocycles. The molecule has 5 heteroatoms. The van der Waals surface area contributed by atoms with Crippen LogP contribution in [-0.2, 0) is 9.53 Å². The summed E-state index contributed by atoms with van der Waals surface area (Å²) in [6.45, 7) is 5.39. The van der Waals surface area contributed by atoms with E-state index >= 15 is 0 Å². The average molecular weight is 311 g/mol. The Labute approximate surface area is 132 Å². The van der Waals surface area contributed by atoms with Crippen LogP contribution in [-0.4, -0.2) is 50.2 Å². The highest BCUT2D eigenvalue weighted by Crippen LogP contribution is 2.00. The first-order valence-electron chi connectivity index (χ1n) is 7.16. The normalized spacial score (nSPS) is 15.6. The highest BCUT2D eigenvalue weighted by Gasteiger charge is 2.09. The molecule has 1 aliphatic rings. The Balaban J connectivity index is 0.00000220. The van der Waals surface area contributed by atoms with Crippen molar-refractivity contribution >= 4 is 24.4 Å². The third kappa shape index (κ3) is 7.27. The SMILES string of the molecule is Cl.O=C(/C=C/c1ccccc1)NCCCN1CCOCC1. The standard InChI is InChI=1S/C16H22N2O2.ClH/c19-16(8-7-15-5-2-1-3-6-15)17-9-4-10-18-11-13-20-14-12-18;/h1-3,5-8H,4,9-14H2,(H,17,19);1H/b8-7+;. The molecule has 0 unspecified atom stereocenters. The Morgan fingerprint density at radius 1 is 1.24 bits per heavy atom. The molecular formula is C16H23ClN2O2. The molecule has 1 aromatic carbocycles. The molecule has 0 atom stereocenters. The minimum Gasteiger partial charge on any atom is -0.379 e. The van der Waals surface area contributed by atoms with Crippen LogP contribution in [0.25, 0.3) is 6.08 Å². The van der Waals surface area contributed by atoms with Gasteiger partial charge in [-0.05, 0) is 24.6 Å². The summed E-state index contributed by atoms with van der Waals surface area (Å²) < 4.78 is 5.30. The maximum absolute atomic E-state index is 11.6. The summed E-state index contributed by atoms with van der Waals surface area (Å²) in [6.07, 6.45) is 4.40. The van der Waals surface area contributed by atoms with E-state index in [0.717, 1.165) is 51.4 Å². The maximum atomic E-state index is 11.6. The summed E-state index contributed by atoms with van der Waals surface area (Å²) in [5.41, 5.74) is 1.04. The highest BCUT2D eigenvalue weighted by atomic mass is 35.5. The molecule has 1 N–H and O–H groups in total. The molecule has 2 rings (SSSR count). The Morgan fingerprint density at radius 3 is 2.67 bits per heavy atom. The van der Waals surface area contributed by atoms with Crippen molar-refractivity contribution in [3.63, 3.8) is 0 Å². The summed E-state index contributed by atoms with van der Waals surface area (Å²) in [6, 6.07) is 9.83. The molecule has 0 saturated carbocycles. The minimum atomic E-state index is -0.0316. The van der Waals surface area contributed by atoms with Crippen molar-refractivity contribution in [1.82, 2.24) is 10.2 Å². The number of halogens is 1. The van der Waals surface area contributed by atoms with E-state index in [-0.39, 0.29) is 18.3 Å². The fraction of sp³-hybridized carbons (Fsp3) is 0.438. The monoisotopic (exact) mass is 310 g/mol. The minimum absolute atomic E-state index is 0. The molecule has 116 valence electrons. The van der Waals surface area contributed by atoms with Crippen LogP contribution in [0.4, 0.5) is 0 Å². The summed E-state index contributed by atoms with van der Waals surface area (Å²) >= 11 is 0. The lowest BCUT2D eigenvalue weighted by Gasteiger charge is -2.26. The van der Waals surface area contributed by atoms with Crippen molar-refractivity contribution in [2.75, 3.05) is 39.4 Å². The van der Waals surface area contributed by atoms with Gasteiger partial charge in [0.2, 0.25) is 5.91 Å². The molecule has 0 aromatic heterocycles. The van der Waals surface area contributed by atoms with Gasteiger partial charge in [-0.3, -0.25) is 9.69 Å². The highest BCUT2D eigenvalue weighted by molar-refractivity contribution is 5.91. The Morgan fingerprint density at radius 2 is 1.95 bits per heavy atom. The van der Waals surface area contributed by atoms with E-state index in [4.69, 9.17) is 4.74 Å². The molecule has 0 radical (unpaired) electrons. The van der Waals surface area contributed by atoms with Crippen molar-refractivity contribution in [3.8, 4) is 0 Å². The number of amides is 1. The number of nitrogens with zero attached hydrogens (tertiary/aromatic N) is 1. The summed E-state index contributed by atoms with van der Waals surface area (Å²) in [5, 5.41) is 2.91. The zero-order chi connectivity index (χ0) is 14.0. The van der Waals surface area contributed by atoms with Crippen LogP contribution >= 0.6 is 12.4 Å². The van der Waals surface area contributed by atoms with E-state index < -0.39 is 0 Å². The third-order valence-corrected chi connectivity index (χ3v) is 3.28. The first-order valence-corrected chi connectivity index (χ1v) is 7.16. The lowest BCUT2D eigenvalue weighted by Crippen LogP contribution is -2.38. The molecule has 21 heavy (non-hydrogen) atoms. The van der Waals surface area contributed by atoms with Crippen LogP contribution in [0.3, 0.4) is 0 Å². The number of morpholine rings is 1. The van der Waals surface area contributed by atoms with Crippen LogP contribution < -0.4 is 5.32 Å². The predicted octanol–water partition coefficient (Wildman–Crippen LogP) is 1.96. The first kappa shape index (κ1) is 17.7. The van der Waals surface area contributed by atoms with E-state index in [9.17, 15) is 4.79 Å². The van der Waals surface area contributed by atoms with Gasteiger partial charge in [0, 0.05) is 25.7 Å². The van der Waals surface area contributed by atoms with E-state index in [1.54, 1.807) is 6.08 Å². The molecular weight excluding hydrogens is 288 g/mol. The zero-order valence-electron chi connectivity index (χ0n) is 12.2. The second kappa shape index (κ2) is 10.4. The molecule has 1 fully saturated rings. The second-order valence-corrected chi connectivity index (χ2v) is 4.84. The lowest BCUT2D eigenvalue weighted by atomic mass is 10.2. The van der Waals surface area contributed by atoms with Gasteiger partial charge in [-0.2, -0.15) is 0 Å². The van der Waals surface area contributed by atoms with Gasteiger partial charge in [-0.15, -0.1) is 12.4 Å². The Hall–Kier alpha value is -1.36. The van der Waals surface area contributed by atoms with Crippen LogP contribution in [0.1, 0.15) is 12.0 Å². The number of carbonyl (C=O) groups is 1. The van der Waals surface area contributed by atoms with Gasteiger partial charge >= 0.3 is 0 Å². The van der Waals surface area contributed by atoms with Crippen LogP contribution in [0.15, 0.2) is 36.4 Å². The van der Waals surface area contributed by atoms with Gasteiger partial charge in [-0.25, -0.2) is 0 Å². The number of benzene rings is 1. The molecule has 1 heterocycles. The average Bonchev–Trinajstić information content (AvgIpc) is 2.52. The van der Waals surface area contributed by atoms with Gasteiger partial charge in [0.15, 0.2) is 0 Å². The molecule has 1 aromatic rings. The van der Waals surface area contributed by atoms with Gasteiger partial charge in [-0.1, -0.05) is 30.3 Å². The van der Waals surface area contributed by atoms with E-state index in [2.05, 4.69) is 10.2 Å². The smallest absolute Gasteiger partial charge is 0.243 e. The zero-order valence-corrected chi connectivity index (χ0v) is 13.0. The summed E-state index contributed by atoms with van der Waals surface area (Å²) in [4.78, 5) is 14.0. The first-order chi connectivity index (χ1) is 9.84. The molecule has 1 saturated heterocycles. The third-order valence-electron chi connectivity index (χ3n) is 3.28. The number of nitrogens with one attached hydrogen (secondary N) is 1. The topological polar surface area (TPSA) is 41.6 Å². The number of carbonyl (C=O) groups excluding carboxylic acids is 1. The van der Waals surface area contributed by atoms with E-state index in [1.165, 1.54) is 0 Å². The summed E-state index contributed by atoms with van der Waals surface area (Å²) in [5.74, 6) is -0.0316. The summed E-state index contributed by atoms with van der Waals surface area (Å²) in [7, 11) is 0. The maximum Gasteiger partial charge on any atom is 0.243 e. The molecule has 1 aliphatic heterocycles. The largest absolute Gasteiger partial charge is 0.379 e. The Kier molecular flexibility index (Phi) is 8.74. The number of hydrogen-bond donors (Lipinski definition) is 1. The van der Waals surface area contributed by atoms with Crippen molar-refractivity contribution in [2.45, 2.75) is 6.42 Å². The van der Waals surface area contributed by atoms with Gasteiger partial charge in [0.1, 0.15) is 0 Å². The van der Waals surface area contributed by atoms with Crippen LogP contribution in [0.2, 0.25) is 0 Å². The van der Waals surface area contributed by atoms with Crippen LogP contribution in [0, 0.1) is 0 Å². The van der Waals surface area contributed by atoms with Gasteiger partial charge in [0.05, 0.1) is 13.2 Å². The lowest BCUT2D eigenvalue weighted by molar-refractivity contribution is -0.116. The second-order valence-electron chi connectivity index (χ2n) is 4.84. The van der Waals surface area contributed by atoms with E-state index in [0.29, 0.717) is 0 Å². The van der Waals surface area contributed by atoms with E-state index in [1.807, 2.05) is 36.4 Å². The fourth-order valence-corrected chi connectivity index (χ4v) is 2.13. The molecule has 4 nitrogen and oxygen atoms in total. The molecule has 0 spiro atoms. The van der Waals surface area contributed by atoms with Crippen LogP contribution in [0.5, 0.6) is 0 Å². The number of hydrogen-bond acceptors (Lipinski definition) is 3. The van der Waals surface area contributed by atoms with Gasteiger partial charge < -0.3 is 10.1 Å². The molecule has 0 bridgehead atoms. The fourth-order valence-electron chi connectivity index (χ4n) is 2.13. The van der Waals surface area contributed by atoms with Crippen molar-refractivity contribution in [1.29, 1.82) is 0 Å². The van der Waals surface area contributed by atoms with Crippen molar-refractivity contribution < 1.29 is 9.53 Å². The molecule has 1 amide bonds. The quantitative estimate of drug-likeness (QED) is 0.645. The number of ether oxygens (including phenoxy) is 1. The van der Waals surface area contributed by atoms with Crippen molar-refractivity contribution in [2.24, 2.45) is 0 Å². The van der Waals surface area contributed by atoms with Gasteiger partial charge in [0.25, 0.3) is 0 Å². The van der Waals surface area contributed by atoms with Crippen molar-refractivity contribution in [3.05, 3.63) is 42.0 Å². The predicted molar refractivity (Wildman–Crippen MR) is 87.6 cm³/mol.